The highest BCUT2D eigenvalue weighted by molar-refractivity contribution is 7.89. The van der Waals surface area contributed by atoms with Crippen LogP contribution < -0.4 is 0 Å². The highest BCUT2D eigenvalue weighted by atomic mass is 32.2. The van der Waals surface area contributed by atoms with Gasteiger partial charge in [0.15, 0.2) is 0 Å². The Labute approximate surface area is 129 Å². The summed E-state index contributed by atoms with van der Waals surface area (Å²) in [4.78, 5) is 0.350. The van der Waals surface area contributed by atoms with E-state index < -0.39 is 10.0 Å². The van der Waals surface area contributed by atoms with Crippen molar-refractivity contribution >= 4 is 10.0 Å². The molecule has 2 aliphatic rings. The van der Waals surface area contributed by atoms with Gasteiger partial charge < -0.3 is 9.15 Å². The largest absolute Gasteiger partial charge is 0.467 e. The Hall–Kier alpha value is -1.63. The third-order valence-electron chi connectivity index (χ3n) is 4.54. The average Bonchev–Trinajstić information content (AvgIpc) is 2.89. The highest BCUT2D eigenvalue weighted by Crippen LogP contribution is 2.53. The maximum atomic E-state index is 12.6. The molecule has 0 radical (unpaired) electrons. The van der Waals surface area contributed by atoms with Gasteiger partial charge in [0.25, 0.3) is 0 Å². The van der Waals surface area contributed by atoms with Crippen LogP contribution in [0.5, 0.6) is 0 Å². The van der Waals surface area contributed by atoms with Crippen LogP contribution in [-0.2, 0) is 14.8 Å². The molecule has 0 unspecified atom stereocenters. The first-order chi connectivity index (χ1) is 10.5. The minimum absolute atomic E-state index is 0.129. The Balaban J connectivity index is 1.52. The van der Waals surface area contributed by atoms with Crippen LogP contribution in [0.1, 0.15) is 17.4 Å². The molecule has 0 N–H and O–H groups in total. The van der Waals surface area contributed by atoms with Gasteiger partial charge in [-0.2, -0.15) is 4.31 Å². The lowest BCUT2D eigenvalue weighted by Crippen LogP contribution is -2.67. The lowest BCUT2D eigenvalue weighted by molar-refractivity contribution is -0.241. The summed E-state index contributed by atoms with van der Waals surface area (Å²) in [7, 11) is -3.41. The summed E-state index contributed by atoms with van der Waals surface area (Å²) in [5.41, 5.74) is 0.916. The summed E-state index contributed by atoms with van der Waals surface area (Å²) in [6, 6.07) is 10.7. The molecule has 1 aromatic carbocycles. The summed E-state index contributed by atoms with van der Waals surface area (Å²) >= 11 is 0. The number of aryl methyl sites for hydroxylation is 1. The van der Waals surface area contributed by atoms with Crippen molar-refractivity contribution < 1.29 is 17.6 Å². The van der Waals surface area contributed by atoms with Gasteiger partial charge in [0.1, 0.15) is 11.9 Å². The van der Waals surface area contributed by atoms with Gasteiger partial charge in [-0.05, 0) is 31.2 Å². The van der Waals surface area contributed by atoms with Gasteiger partial charge >= 0.3 is 0 Å². The van der Waals surface area contributed by atoms with E-state index in [4.69, 9.17) is 9.15 Å². The lowest BCUT2D eigenvalue weighted by atomic mass is 9.72. The van der Waals surface area contributed by atoms with E-state index in [1.807, 2.05) is 31.2 Å². The summed E-state index contributed by atoms with van der Waals surface area (Å²) in [6.07, 6.45) is 1.48. The molecule has 0 bridgehead atoms. The summed E-state index contributed by atoms with van der Waals surface area (Å²) in [6.45, 7) is 3.48. The molecular formula is C16H17NO4S. The summed E-state index contributed by atoms with van der Waals surface area (Å²) < 4.78 is 37.7. The number of furan rings is 1. The van der Waals surface area contributed by atoms with Gasteiger partial charge in [-0.3, -0.25) is 0 Å². The van der Waals surface area contributed by atoms with Crippen molar-refractivity contribution in [2.75, 3.05) is 19.7 Å². The smallest absolute Gasteiger partial charge is 0.243 e. The molecule has 4 rings (SSSR count). The van der Waals surface area contributed by atoms with Crippen LogP contribution in [0.2, 0.25) is 0 Å². The topological polar surface area (TPSA) is 59.8 Å². The van der Waals surface area contributed by atoms with Crippen molar-refractivity contribution in [2.45, 2.75) is 17.9 Å². The third-order valence-corrected chi connectivity index (χ3v) is 6.34. The van der Waals surface area contributed by atoms with E-state index in [0.717, 1.165) is 11.3 Å². The van der Waals surface area contributed by atoms with Crippen LogP contribution in [-0.4, -0.2) is 32.4 Å². The van der Waals surface area contributed by atoms with Crippen LogP contribution in [0, 0.1) is 12.3 Å². The van der Waals surface area contributed by atoms with E-state index in [9.17, 15) is 8.42 Å². The Morgan fingerprint density at radius 1 is 1.18 bits per heavy atom. The van der Waals surface area contributed by atoms with E-state index >= 15 is 0 Å². The zero-order chi connectivity index (χ0) is 15.4. The molecule has 1 aromatic heterocycles. The first-order valence-corrected chi connectivity index (χ1v) is 8.67. The molecule has 1 spiro atoms. The van der Waals surface area contributed by atoms with E-state index in [2.05, 4.69) is 0 Å². The predicted molar refractivity (Wildman–Crippen MR) is 79.8 cm³/mol. The molecule has 6 heteroatoms. The Morgan fingerprint density at radius 3 is 2.45 bits per heavy atom. The molecule has 2 fully saturated rings. The minimum Gasteiger partial charge on any atom is -0.467 e. The fourth-order valence-corrected chi connectivity index (χ4v) is 4.80. The van der Waals surface area contributed by atoms with Crippen molar-refractivity contribution in [1.29, 1.82) is 0 Å². The van der Waals surface area contributed by atoms with Crippen LogP contribution in [0.4, 0.5) is 0 Å². The monoisotopic (exact) mass is 319 g/mol. The number of hydrogen-bond donors (Lipinski definition) is 0. The molecule has 3 heterocycles. The average molecular weight is 319 g/mol. The predicted octanol–water partition coefficient (Wildman–Crippen LogP) is 2.35. The molecule has 1 atom stereocenters. The van der Waals surface area contributed by atoms with Gasteiger partial charge in [0.2, 0.25) is 10.0 Å². The van der Waals surface area contributed by atoms with E-state index in [0.29, 0.717) is 24.6 Å². The summed E-state index contributed by atoms with van der Waals surface area (Å²) in [5.74, 6) is 0.777. The quantitative estimate of drug-likeness (QED) is 0.871. The van der Waals surface area contributed by atoms with E-state index in [-0.39, 0.29) is 11.5 Å². The second-order valence-electron chi connectivity index (χ2n) is 6.15. The molecule has 5 nitrogen and oxygen atoms in total. The van der Waals surface area contributed by atoms with Crippen molar-refractivity contribution in [2.24, 2.45) is 5.41 Å². The molecular weight excluding hydrogens is 302 g/mol. The van der Waals surface area contributed by atoms with Gasteiger partial charge in [-0.25, -0.2) is 8.42 Å². The molecule has 2 saturated heterocycles. The van der Waals surface area contributed by atoms with Gasteiger partial charge in [-0.1, -0.05) is 17.7 Å². The zero-order valence-corrected chi connectivity index (χ0v) is 13.0. The Kier molecular flexibility index (Phi) is 2.98. The SMILES string of the molecule is Cc1ccc(S(=O)(=O)N2CC3(CO[C@H]3c3ccco3)C2)cc1. The molecule has 0 aliphatic carbocycles. The summed E-state index contributed by atoms with van der Waals surface area (Å²) in [5, 5.41) is 0. The van der Waals surface area contributed by atoms with Crippen molar-refractivity contribution in [3.8, 4) is 0 Å². The second-order valence-corrected chi connectivity index (χ2v) is 8.09. The van der Waals surface area contributed by atoms with Gasteiger partial charge in [0.05, 0.1) is 23.2 Å². The van der Waals surface area contributed by atoms with E-state index in [1.165, 1.54) is 4.31 Å². The van der Waals surface area contributed by atoms with Crippen LogP contribution >= 0.6 is 0 Å². The molecule has 2 aliphatic heterocycles. The first-order valence-electron chi connectivity index (χ1n) is 7.23. The molecule has 0 saturated carbocycles. The van der Waals surface area contributed by atoms with Gasteiger partial charge in [-0.15, -0.1) is 0 Å². The third kappa shape index (κ3) is 1.95. The number of hydrogen-bond acceptors (Lipinski definition) is 4. The zero-order valence-electron chi connectivity index (χ0n) is 12.2. The number of rotatable bonds is 3. The highest BCUT2D eigenvalue weighted by Gasteiger charge is 2.60. The number of sulfonamides is 1. The Bertz CT molecular complexity index is 774. The minimum atomic E-state index is -3.41. The number of nitrogens with zero attached hydrogens (tertiary/aromatic N) is 1. The fraction of sp³-hybridized carbons (Fsp3) is 0.375. The van der Waals surface area contributed by atoms with Crippen LogP contribution in [0.15, 0.2) is 52.0 Å². The van der Waals surface area contributed by atoms with Crippen molar-refractivity contribution in [3.05, 3.63) is 54.0 Å². The molecule has 2 aromatic rings. The van der Waals surface area contributed by atoms with E-state index in [1.54, 1.807) is 18.4 Å². The molecule has 116 valence electrons. The number of benzene rings is 1. The van der Waals surface area contributed by atoms with Gasteiger partial charge in [0, 0.05) is 13.1 Å². The maximum absolute atomic E-state index is 12.6. The van der Waals surface area contributed by atoms with Crippen LogP contribution in [0.25, 0.3) is 0 Å². The Morgan fingerprint density at radius 2 is 1.91 bits per heavy atom. The molecule has 0 amide bonds. The lowest BCUT2D eigenvalue weighted by Gasteiger charge is -2.58. The van der Waals surface area contributed by atoms with Crippen molar-refractivity contribution in [3.63, 3.8) is 0 Å². The van der Waals surface area contributed by atoms with Crippen LogP contribution in [0.3, 0.4) is 0 Å². The first kappa shape index (κ1) is 14.0. The molecule has 22 heavy (non-hydrogen) atoms. The standard InChI is InChI=1S/C16H17NO4S/c1-12-4-6-13(7-5-12)22(18,19)17-9-16(10-17)11-21-15(16)14-3-2-8-20-14/h2-8,15H,9-11H2,1H3/t15-/m0/s1. The normalized spacial score (nSPS) is 24.0. The maximum Gasteiger partial charge on any atom is 0.243 e. The van der Waals surface area contributed by atoms with Crippen molar-refractivity contribution in [1.82, 2.24) is 4.31 Å². The number of ether oxygens (including phenoxy) is 1. The second kappa shape index (κ2) is 4.68. The fourth-order valence-electron chi connectivity index (χ4n) is 3.17.